The molecule has 106 valence electrons. The smallest absolute Gasteiger partial charge is 0.327 e. The van der Waals surface area contributed by atoms with Crippen LogP contribution >= 0.6 is 11.8 Å². The van der Waals surface area contributed by atoms with Gasteiger partial charge in [0.1, 0.15) is 11.7 Å². The third-order valence-electron chi connectivity index (χ3n) is 3.47. The lowest BCUT2D eigenvalue weighted by Gasteiger charge is -2.26. The molecule has 2 atom stereocenters. The first-order valence-electron chi connectivity index (χ1n) is 6.29. The molecule has 1 saturated carbocycles. The number of carbonyl (C=O) groups excluding carboxylic acids is 1. The van der Waals surface area contributed by atoms with Crippen LogP contribution in [0.3, 0.4) is 0 Å². The van der Waals surface area contributed by atoms with E-state index in [1.165, 1.54) is 22.9 Å². The summed E-state index contributed by atoms with van der Waals surface area (Å²) < 4.78 is 0. The number of carboxylic acid groups (broad SMARTS) is 1. The summed E-state index contributed by atoms with van der Waals surface area (Å²) in [6.45, 7) is 0. The van der Waals surface area contributed by atoms with Crippen LogP contribution in [0.2, 0.25) is 0 Å². The van der Waals surface area contributed by atoms with Gasteiger partial charge in [-0.15, -0.1) is 11.8 Å². The highest BCUT2D eigenvalue weighted by Gasteiger charge is 2.48. The largest absolute Gasteiger partial charge is 0.480 e. The molecule has 20 heavy (non-hydrogen) atoms. The highest BCUT2D eigenvalue weighted by molar-refractivity contribution is 8.00. The second-order valence-electron chi connectivity index (χ2n) is 4.92. The monoisotopic (exact) mass is 295 g/mol. The molecule has 0 radical (unpaired) electrons. The number of aromatic nitrogens is 2. The van der Waals surface area contributed by atoms with Crippen LogP contribution in [-0.4, -0.2) is 49.0 Å². The first-order chi connectivity index (χ1) is 9.58. The van der Waals surface area contributed by atoms with Crippen molar-refractivity contribution in [2.45, 2.75) is 24.3 Å². The number of thioether (sulfide) groups is 1. The number of nitrogens with zero attached hydrogens (tertiary/aromatic N) is 2. The van der Waals surface area contributed by atoms with Crippen LogP contribution in [-0.2, 0) is 4.79 Å². The quantitative estimate of drug-likeness (QED) is 0.822. The van der Waals surface area contributed by atoms with Crippen molar-refractivity contribution in [2.75, 3.05) is 5.75 Å². The molecular formula is C12H13N3O4S. The van der Waals surface area contributed by atoms with E-state index in [2.05, 4.69) is 9.97 Å². The summed E-state index contributed by atoms with van der Waals surface area (Å²) >= 11 is 1.51. The SMILES string of the molecule is O=C(O)C1CSC(C2CC2)N1C(=O)c1c[nH]c(=O)cn1. The van der Waals surface area contributed by atoms with Crippen LogP contribution in [0.25, 0.3) is 0 Å². The van der Waals surface area contributed by atoms with Gasteiger partial charge in [-0.3, -0.25) is 9.59 Å². The van der Waals surface area contributed by atoms with E-state index >= 15 is 0 Å². The molecule has 8 heteroatoms. The van der Waals surface area contributed by atoms with Crippen molar-refractivity contribution in [1.29, 1.82) is 0 Å². The third-order valence-corrected chi connectivity index (χ3v) is 4.93. The predicted molar refractivity (Wildman–Crippen MR) is 71.4 cm³/mol. The van der Waals surface area contributed by atoms with Gasteiger partial charge in [-0.05, 0) is 18.8 Å². The summed E-state index contributed by atoms with van der Waals surface area (Å²) in [4.78, 5) is 42.4. The number of carboxylic acids is 1. The molecule has 3 rings (SSSR count). The number of aromatic amines is 1. The summed E-state index contributed by atoms with van der Waals surface area (Å²) in [5.41, 5.74) is -0.324. The lowest BCUT2D eigenvalue weighted by Crippen LogP contribution is -2.46. The van der Waals surface area contributed by atoms with Gasteiger partial charge in [-0.25, -0.2) is 9.78 Å². The maximum absolute atomic E-state index is 12.5. The van der Waals surface area contributed by atoms with Gasteiger partial charge in [0.05, 0.1) is 11.6 Å². The molecule has 2 unspecified atom stereocenters. The number of aliphatic carboxylic acids is 1. The average molecular weight is 295 g/mol. The molecule has 0 bridgehead atoms. The first-order valence-corrected chi connectivity index (χ1v) is 7.34. The maximum atomic E-state index is 12.5. The first kappa shape index (κ1) is 13.2. The highest BCUT2D eigenvalue weighted by atomic mass is 32.2. The molecule has 0 spiro atoms. The normalized spacial score (nSPS) is 25.7. The molecule has 7 nitrogen and oxygen atoms in total. The zero-order valence-corrected chi connectivity index (χ0v) is 11.3. The van der Waals surface area contributed by atoms with E-state index in [0.717, 1.165) is 19.0 Å². The van der Waals surface area contributed by atoms with Gasteiger partial charge in [0.2, 0.25) is 0 Å². The summed E-state index contributed by atoms with van der Waals surface area (Å²) in [5.74, 6) is -0.670. The van der Waals surface area contributed by atoms with Crippen molar-refractivity contribution in [3.8, 4) is 0 Å². The van der Waals surface area contributed by atoms with E-state index in [1.54, 1.807) is 0 Å². The van der Waals surface area contributed by atoms with Crippen molar-refractivity contribution in [3.05, 3.63) is 28.4 Å². The summed E-state index contributed by atoms with van der Waals surface area (Å²) in [7, 11) is 0. The number of amides is 1. The van der Waals surface area contributed by atoms with Crippen LogP contribution < -0.4 is 5.56 Å². The zero-order chi connectivity index (χ0) is 14.3. The standard InChI is InChI=1S/C12H13N3O4S/c16-9-4-13-7(3-14-9)10(17)15-8(12(18)19)5-20-11(15)6-1-2-6/h3-4,6,8,11H,1-2,5H2,(H,14,16)(H,18,19). The summed E-state index contributed by atoms with van der Waals surface area (Å²) in [5, 5.41) is 9.16. The Balaban J connectivity index is 1.90. The number of rotatable bonds is 3. The van der Waals surface area contributed by atoms with Crippen molar-refractivity contribution >= 4 is 23.6 Å². The summed E-state index contributed by atoms with van der Waals surface area (Å²) in [6.07, 6.45) is 4.30. The Morgan fingerprint density at radius 2 is 2.20 bits per heavy atom. The fourth-order valence-corrected chi connectivity index (χ4v) is 3.94. The predicted octanol–water partition coefficient (Wildman–Crippen LogP) is 0.148. The van der Waals surface area contributed by atoms with E-state index in [4.69, 9.17) is 0 Å². The molecule has 2 aliphatic rings. The third kappa shape index (κ3) is 2.31. The molecule has 2 heterocycles. The fraction of sp³-hybridized carbons (Fsp3) is 0.500. The van der Waals surface area contributed by atoms with Gasteiger partial charge >= 0.3 is 5.97 Å². The molecule has 2 N–H and O–H groups in total. The zero-order valence-electron chi connectivity index (χ0n) is 10.5. The average Bonchev–Trinajstić information content (AvgIpc) is 3.17. The molecule has 1 aliphatic carbocycles. The maximum Gasteiger partial charge on any atom is 0.327 e. The Bertz CT molecular complexity index is 592. The molecule has 1 amide bonds. The van der Waals surface area contributed by atoms with Gasteiger partial charge in [-0.1, -0.05) is 0 Å². The highest BCUT2D eigenvalue weighted by Crippen LogP contribution is 2.45. The second kappa shape index (κ2) is 4.93. The van der Waals surface area contributed by atoms with Gasteiger partial charge in [-0.2, -0.15) is 0 Å². The number of nitrogens with one attached hydrogen (secondary N) is 1. The van der Waals surface area contributed by atoms with Crippen molar-refractivity contribution in [3.63, 3.8) is 0 Å². The second-order valence-corrected chi connectivity index (χ2v) is 6.07. The Morgan fingerprint density at radius 1 is 1.45 bits per heavy atom. The van der Waals surface area contributed by atoms with Crippen molar-refractivity contribution < 1.29 is 14.7 Å². The summed E-state index contributed by atoms with van der Waals surface area (Å²) in [6, 6.07) is -0.827. The Morgan fingerprint density at radius 3 is 2.75 bits per heavy atom. The van der Waals surface area contributed by atoms with E-state index in [9.17, 15) is 19.5 Å². The van der Waals surface area contributed by atoms with Gasteiger partial charge < -0.3 is 15.0 Å². The van der Waals surface area contributed by atoms with Crippen LogP contribution in [0, 0.1) is 5.92 Å². The minimum absolute atomic E-state index is 0.0731. The minimum atomic E-state index is -1.00. The molecule has 2 fully saturated rings. The molecule has 1 saturated heterocycles. The number of H-pyrrole nitrogens is 1. The van der Waals surface area contributed by atoms with Crippen LogP contribution in [0.4, 0.5) is 0 Å². The number of hydrogen-bond donors (Lipinski definition) is 2. The van der Waals surface area contributed by atoms with Gasteiger partial charge in [0.15, 0.2) is 0 Å². The van der Waals surface area contributed by atoms with Gasteiger partial charge in [0, 0.05) is 11.9 Å². The number of carbonyl (C=O) groups is 2. The lowest BCUT2D eigenvalue weighted by molar-refractivity contribution is -0.141. The van der Waals surface area contributed by atoms with E-state index in [0.29, 0.717) is 11.7 Å². The van der Waals surface area contributed by atoms with E-state index in [1.807, 2.05) is 0 Å². The van der Waals surface area contributed by atoms with Crippen LogP contribution in [0.15, 0.2) is 17.2 Å². The molecule has 1 aromatic rings. The molecular weight excluding hydrogens is 282 g/mol. The van der Waals surface area contributed by atoms with Crippen molar-refractivity contribution in [1.82, 2.24) is 14.9 Å². The van der Waals surface area contributed by atoms with Crippen LogP contribution in [0.5, 0.6) is 0 Å². The lowest BCUT2D eigenvalue weighted by atomic mass is 10.2. The Kier molecular flexibility index (Phi) is 3.25. The topological polar surface area (TPSA) is 103 Å². The van der Waals surface area contributed by atoms with E-state index in [-0.39, 0.29) is 11.1 Å². The van der Waals surface area contributed by atoms with Gasteiger partial charge in [0.25, 0.3) is 11.5 Å². The van der Waals surface area contributed by atoms with Crippen molar-refractivity contribution in [2.24, 2.45) is 5.92 Å². The molecule has 1 aliphatic heterocycles. The number of hydrogen-bond acceptors (Lipinski definition) is 5. The Labute approximate surface area is 118 Å². The molecule has 1 aromatic heterocycles. The minimum Gasteiger partial charge on any atom is -0.480 e. The van der Waals surface area contributed by atoms with Crippen LogP contribution in [0.1, 0.15) is 23.3 Å². The molecule has 0 aromatic carbocycles. The van der Waals surface area contributed by atoms with E-state index < -0.39 is 23.5 Å². The fourth-order valence-electron chi connectivity index (χ4n) is 2.31. The Hall–Kier alpha value is -1.83.